The Morgan fingerprint density at radius 2 is 1.06 bits per heavy atom. The van der Waals surface area contributed by atoms with E-state index in [9.17, 15) is 0 Å². The fraction of sp³-hybridized carbons (Fsp3) is 0.114. The molecule has 9 aromatic rings. The molecule has 2 heteroatoms. The van der Waals surface area contributed by atoms with Crippen LogP contribution in [-0.2, 0) is 10.8 Å². The largest absolute Gasteiger partial charge is 0.461 e. The molecule has 0 bridgehead atoms. The molecular weight excluding hydrogens is 871 g/mol. The minimum atomic E-state index is -0.511. The van der Waals surface area contributed by atoms with Gasteiger partial charge >= 0.3 is 0 Å². The molecule has 0 amide bonds. The molecule has 0 radical (unpaired) electrons. The van der Waals surface area contributed by atoms with Gasteiger partial charge in [0.15, 0.2) is 0 Å². The molecule has 1 aliphatic heterocycles. The number of benzene rings is 9. The van der Waals surface area contributed by atoms with Crippen LogP contribution in [0.1, 0.15) is 72.6 Å². The number of rotatable bonds is 6. The predicted molar refractivity (Wildman–Crippen MR) is 299 cm³/mol. The molecule has 72 heavy (non-hydrogen) atoms. The molecule has 1 spiro atoms. The third-order valence-corrected chi connectivity index (χ3v) is 16.6. The van der Waals surface area contributed by atoms with Crippen molar-refractivity contribution >= 4 is 16.9 Å². The summed E-state index contributed by atoms with van der Waals surface area (Å²) in [5.74, 6) is 1.90. The zero-order valence-electron chi connectivity index (χ0n) is 41.0. The lowest BCUT2D eigenvalue weighted by molar-refractivity contribution is 0.415. The van der Waals surface area contributed by atoms with E-state index in [1.54, 1.807) is 0 Å². The van der Waals surface area contributed by atoms with Crippen LogP contribution in [0.4, 0.5) is 11.4 Å². The first-order valence-electron chi connectivity index (χ1n) is 25.6. The van der Waals surface area contributed by atoms with Gasteiger partial charge in [-0.1, -0.05) is 202 Å². The van der Waals surface area contributed by atoms with Gasteiger partial charge < -0.3 is 9.64 Å². The average Bonchev–Trinajstić information content (AvgIpc) is 4.13. The van der Waals surface area contributed by atoms with Crippen LogP contribution in [0.5, 0.6) is 5.75 Å². The molecule has 4 aliphatic carbocycles. The molecular formula is C70H53NO. The smallest absolute Gasteiger partial charge is 0.130 e. The number of fused-ring (bicyclic) bond motifs is 14. The zero-order chi connectivity index (χ0) is 48.3. The fourth-order valence-corrected chi connectivity index (χ4v) is 13.7. The summed E-state index contributed by atoms with van der Waals surface area (Å²) in [6.45, 7) is 9.35. The van der Waals surface area contributed by atoms with Crippen molar-refractivity contribution in [2.75, 3.05) is 4.90 Å². The zero-order valence-corrected chi connectivity index (χ0v) is 41.0. The summed E-state index contributed by atoms with van der Waals surface area (Å²) in [5, 5.41) is 0. The number of anilines is 2. The van der Waals surface area contributed by atoms with E-state index in [2.05, 4.69) is 269 Å². The second kappa shape index (κ2) is 16.0. The van der Waals surface area contributed by atoms with Gasteiger partial charge in [-0.3, -0.25) is 0 Å². The third-order valence-electron chi connectivity index (χ3n) is 16.6. The van der Waals surface area contributed by atoms with E-state index < -0.39 is 5.41 Å². The highest BCUT2D eigenvalue weighted by atomic mass is 16.5. The van der Waals surface area contributed by atoms with Gasteiger partial charge in [-0.05, 0) is 163 Å². The van der Waals surface area contributed by atoms with Crippen molar-refractivity contribution in [3.8, 4) is 61.4 Å². The first-order chi connectivity index (χ1) is 35.4. The number of hydrogen-bond donors (Lipinski definition) is 0. The van der Waals surface area contributed by atoms with Crippen LogP contribution in [0.15, 0.2) is 248 Å². The molecule has 0 saturated heterocycles. The maximum atomic E-state index is 6.68. The second-order valence-electron chi connectivity index (χ2n) is 20.5. The highest BCUT2D eigenvalue weighted by molar-refractivity contribution is 6.07. The standard InChI is InChI=1S/C70H53NO/c1-5-51-52-26-13-18-31-59(52)70(57(51)6-2)60-32-19-15-28-54(60)65-61(70)43-56(68-67(65)53-27-14-17-30-58(53)69(68,3)4)48-40-47(45-24-11-8-12-25-45)41-50(42-48)71(49-38-36-46(37-39-49)44-22-9-7-10-23-44)62-33-21-35-64-66(62)55-29-16-20-34-63(55)72-64/h5-43,62,66H,1-4H3/b51-5?,57-6+. The molecule has 9 aromatic carbocycles. The van der Waals surface area contributed by atoms with Crippen molar-refractivity contribution in [2.24, 2.45) is 0 Å². The predicted octanol–water partition coefficient (Wildman–Crippen LogP) is 17.8. The van der Waals surface area contributed by atoms with Crippen LogP contribution in [-0.4, -0.2) is 6.04 Å². The summed E-state index contributed by atoms with van der Waals surface area (Å²) in [5.41, 5.74) is 26.0. The number of nitrogens with zero attached hydrogens (tertiary/aromatic N) is 1. The lowest BCUT2D eigenvalue weighted by Gasteiger charge is -2.37. The SMILES string of the molecule is CC=C1/C(=C\C)C2(c3ccccc31)c1ccccc1-c1c2cc(-c2cc(-c3ccccc3)cc(N(c3ccc(-c4ccccc4)cc3)C3C=CC=C4Oc5ccccc5C43)c2)c2c1-c1ccccc1C2(C)C. The van der Waals surface area contributed by atoms with Gasteiger partial charge in [0.25, 0.3) is 0 Å². The minimum absolute atomic E-state index is 0.0117. The number of para-hydroxylation sites is 1. The van der Waals surface area contributed by atoms with E-state index >= 15 is 0 Å². The Bertz CT molecular complexity index is 3830. The summed E-state index contributed by atoms with van der Waals surface area (Å²) in [6.07, 6.45) is 11.5. The molecule has 0 N–H and O–H groups in total. The van der Waals surface area contributed by atoms with Crippen molar-refractivity contribution < 1.29 is 4.74 Å². The number of allylic oxidation sites excluding steroid dienone is 6. The Labute approximate surface area is 423 Å². The lowest BCUT2D eigenvalue weighted by Crippen LogP contribution is -2.36. The average molecular weight is 924 g/mol. The fourth-order valence-electron chi connectivity index (χ4n) is 13.7. The van der Waals surface area contributed by atoms with E-state index in [1.807, 2.05) is 0 Å². The summed E-state index contributed by atoms with van der Waals surface area (Å²) >= 11 is 0. The lowest BCUT2D eigenvalue weighted by atomic mass is 9.68. The monoisotopic (exact) mass is 923 g/mol. The normalized spacial score (nSPS) is 20.0. The van der Waals surface area contributed by atoms with Crippen LogP contribution in [0.3, 0.4) is 0 Å². The van der Waals surface area contributed by atoms with Gasteiger partial charge in [0, 0.05) is 22.4 Å². The summed E-state index contributed by atoms with van der Waals surface area (Å²) in [7, 11) is 0. The molecule has 0 fully saturated rings. The van der Waals surface area contributed by atoms with Crippen LogP contribution in [0.25, 0.3) is 61.2 Å². The second-order valence-corrected chi connectivity index (χ2v) is 20.5. The van der Waals surface area contributed by atoms with Crippen molar-refractivity contribution in [2.45, 2.75) is 50.5 Å². The van der Waals surface area contributed by atoms with E-state index in [-0.39, 0.29) is 17.4 Å². The van der Waals surface area contributed by atoms with Gasteiger partial charge in [0.1, 0.15) is 11.5 Å². The third kappa shape index (κ3) is 5.90. The molecule has 3 atom stereocenters. The van der Waals surface area contributed by atoms with Gasteiger partial charge in [-0.15, -0.1) is 0 Å². The molecule has 3 unspecified atom stereocenters. The van der Waals surface area contributed by atoms with Gasteiger partial charge in [-0.2, -0.15) is 0 Å². The highest BCUT2D eigenvalue weighted by Gasteiger charge is 2.55. The quantitative estimate of drug-likeness (QED) is 0.165. The Morgan fingerprint density at radius 3 is 1.76 bits per heavy atom. The van der Waals surface area contributed by atoms with Crippen LogP contribution >= 0.6 is 0 Å². The maximum absolute atomic E-state index is 6.68. The van der Waals surface area contributed by atoms with Crippen molar-refractivity contribution in [1.82, 2.24) is 0 Å². The Balaban J connectivity index is 1.08. The van der Waals surface area contributed by atoms with Crippen molar-refractivity contribution in [3.63, 3.8) is 0 Å². The van der Waals surface area contributed by atoms with E-state index in [0.29, 0.717) is 0 Å². The first-order valence-corrected chi connectivity index (χ1v) is 25.6. The summed E-state index contributed by atoms with van der Waals surface area (Å²) < 4.78 is 6.68. The topological polar surface area (TPSA) is 12.5 Å². The first kappa shape index (κ1) is 42.4. The van der Waals surface area contributed by atoms with Gasteiger partial charge in [-0.25, -0.2) is 0 Å². The van der Waals surface area contributed by atoms with Crippen LogP contribution in [0, 0.1) is 0 Å². The summed E-state index contributed by atoms with van der Waals surface area (Å²) in [4.78, 5) is 2.58. The summed E-state index contributed by atoms with van der Waals surface area (Å²) in [6, 6.07) is 77.0. The molecule has 0 aromatic heterocycles. The number of ether oxygens (including phenoxy) is 1. The van der Waals surface area contributed by atoms with E-state index in [4.69, 9.17) is 4.74 Å². The molecule has 5 aliphatic rings. The molecule has 344 valence electrons. The minimum Gasteiger partial charge on any atom is -0.461 e. The van der Waals surface area contributed by atoms with Crippen LogP contribution < -0.4 is 9.64 Å². The maximum Gasteiger partial charge on any atom is 0.130 e. The molecule has 14 rings (SSSR count). The van der Waals surface area contributed by atoms with Crippen LogP contribution in [0.2, 0.25) is 0 Å². The molecule has 1 heterocycles. The Morgan fingerprint density at radius 1 is 0.472 bits per heavy atom. The van der Waals surface area contributed by atoms with E-state index in [1.165, 1.54) is 106 Å². The van der Waals surface area contributed by atoms with Gasteiger partial charge in [0.2, 0.25) is 0 Å². The Kier molecular flexibility index (Phi) is 9.45. The van der Waals surface area contributed by atoms with E-state index in [0.717, 1.165) is 22.9 Å². The number of hydrogen-bond acceptors (Lipinski definition) is 2. The van der Waals surface area contributed by atoms with Crippen molar-refractivity contribution in [1.29, 1.82) is 0 Å². The Hall–Kier alpha value is -8.46. The van der Waals surface area contributed by atoms with Gasteiger partial charge in [0.05, 0.1) is 17.4 Å². The van der Waals surface area contributed by atoms with Crippen molar-refractivity contribution in [3.05, 3.63) is 287 Å². The molecule has 2 nitrogen and oxygen atoms in total. The highest BCUT2D eigenvalue weighted by Crippen LogP contribution is 2.68. The molecule has 0 saturated carbocycles.